The van der Waals surface area contributed by atoms with Gasteiger partial charge in [0.15, 0.2) is 0 Å². The Balaban J connectivity index is 1.80. The van der Waals surface area contributed by atoms with Crippen LogP contribution in [0.15, 0.2) is 24.3 Å². The molecule has 0 aliphatic carbocycles. The van der Waals surface area contributed by atoms with Crippen LogP contribution in [0.5, 0.6) is 5.75 Å². The number of hydrogen-bond acceptors (Lipinski definition) is 7. The maximum atomic E-state index is 13.0. The average molecular weight is 494 g/mol. The van der Waals surface area contributed by atoms with Crippen molar-refractivity contribution >= 4 is 23.7 Å². The summed E-state index contributed by atoms with van der Waals surface area (Å²) in [5.41, 5.74) is 0.973. The quantitative estimate of drug-likeness (QED) is 0.238. The average Bonchev–Trinajstić information content (AvgIpc) is 2.85. The van der Waals surface area contributed by atoms with Crippen LogP contribution in [0.1, 0.15) is 18.9 Å². The highest BCUT2D eigenvalue weighted by atomic mass is 32.2. The molecule has 0 bridgehead atoms. The van der Waals surface area contributed by atoms with Gasteiger partial charge in [-0.2, -0.15) is 0 Å². The van der Waals surface area contributed by atoms with Gasteiger partial charge in [-0.15, -0.1) is 18.2 Å². The van der Waals surface area contributed by atoms with Crippen molar-refractivity contribution in [1.29, 1.82) is 0 Å². The number of ether oxygens (including phenoxy) is 4. The van der Waals surface area contributed by atoms with E-state index >= 15 is 0 Å². The first-order valence-electron chi connectivity index (χ1n) is 11.3. The van der Waals surface area contributed by atoms with Crippen molar-refractivity contribution in [1.82, 2.24) is 16.0 Å². The van der Waals surface area contributed by atoms with Gasteiger partial charge in [-0.25, -0.2) is 4.79 Å². The molecule has 1 saturated heterocycles. The predicted octanol–water partition coefficient (Wildman–Crippen LogP) is 1.76. The van der Waals surface area contributed by atoms with Crippen LogP contribution in [0.25, 0.3) is 0 Å². The van der Waals surface area contributed by atoms with Crippen molar-refractivity contribution in [2.24, 2.45) is 5.92 Å². The van der Waals surface area contributed by atoms with Crippen molar-refractivity contribution in [3.8, 4) is 18.1 Å². The highest BCUT2D eigenvalue weighted by molar-refractivity contribution is 8.01. The Kier molecular flexibility index (Phi) is 13.3. The molecule has 9 nitrogen and oxygen atoms in total. The highest BCUT2D eigenvalue weighted by Gasteiger charge is 2.30. The molecular weight excluding hydrogens is 458 g/mol. The minimum absolute atomic E-state index is 0.0914. The molecule has 34 heavy (non-hydrogen) atoms. The zero-order valence-corrected chi connectivity index (χ0v) is 20.7. The first-order valence-corrected chi connectivity index (χ1v) is 12.2. The van der Waals surface area contributed by atoms with Gasteiger partial charge in [-0.3, -0.25) is 4.79 Å². The van der Waals surface area contributed by atoms with E-state index in [-0.39, 0.29) is 35.1 Å². The van der Waals surface area contributed by atoms with Crippen LogP contribution >= 0.6 is 11.8 Å². The normalized spacial score (nSPS) is 18.3. The van der Waals surface area contributed by atoms with E-state index in [1.165, 1.54) is 11.8 Å². The van der Waals surface area contributed by atoms with Crippen molar-refractivity contribution in [2.45, 2.75) is 30.5 Å². The first-order chi connectivity index (χ1) is 16.5. The lowest BCUT2D eigenvalue weighted by Gasteiger charge is -2.32. The fourth-order valence-electron chi connectivity index (χ4n) is 3.10. The number of carbonyl (C=O) groups excluding carboxylic acids is 2. The molecule has 1 aromatic rings. The van der Waals surface area contributed by atoms with Crippen LogP contribution in [0.3, 0.4) is 0 Å². The van der Waals surface area contributed by atoms with Crippen LogP contribution < -0.4 is 20.7 Å². The van der Waals surface area contributed by atoms with Gasteiger partial charge in [0.2, 0.25) is 5.91 Å². The summed E-state index contributed by atoms with van der Waals surface area (Å²) >= 11 is 1.46. The summed E-state index contributed by atoms with van der Waals surface area (Å²) in [7, 11) is 1.61. The molecule has 1 heterocycles. The van der Waals surface area contributed by atoms with E-state index in [1.807, 2.05) is 31.2 Å². The number of urea groups is 1. The molecule has 3 amide bonds. The summed E-state index contributed by atoms with van der Waals surface area (Å²) in [4.78, 5) is 24.8. The highest BCUT2D eigenvalue weighted by Crippen LogP contribution is 2.26. The van der Waals surface area contributed by atoms with E-state index in [1.54, 1.807) is 7.11 Å². The number of terminal acetylenes is 1. The lowest BCUT2D eigenvalue weighted by molar-refractivity contribution is -0.121. The topological polar surface area (TPSA) is 107 Å². The third-order valence-electron chi connectivity index (χ3n) is 5.06. The molecule has 1 aromatic carbocycles. The summed E-state index contributed by atoms with van der Waals surface area (Å²) in [5.74, 6) is 3.25. The monoisotopic (exact) mass is 493 g/mol. The smallest absolute Gasteiger partial charge is 0.315 e. The van der Waals surface area contributed by atoms with Crippen molar-refractivity contribution in [3.63, 3.8) is 0 Å². The number of carbonyl (C=O) groups is 2. The number of nitrogens with one attached hydrogen (secondary N) is 3. The number of rotatable bonds is 16. The lowest BCUT2D eigenvalue weighted by Crippen LogP contribution is -2.53. The Bertz CT molecular complexity index is 786. The van der Waals surface area contributed by atoms with Crippen LogP contribution in [0.2, 0.25) is 0 Å². The number of thioether (sulfide) groups is 1. The Morgan fingerprint density at radius 3 is 2.53 bits per heavy atom. The Labute approximate surface area is 206 Å². The standard InChI is InChI=1S/C24H35N3O6S/c1-4-10-31-12-14-33-15-13-32-11-9-21(34-23-18(2)16-26-24(29)27-23)22(28)25-17-19-5-7-20(30-3)8-6-19/h1,5-8,18,21,23H,9-17H2,2-3H3,(H,25,28)(H2,26,27,29)/t18?,21-,23?/m0/s1. The summed E-state index contributed by atoms with van der Waals surface area (Å²) < 4.78 is 21.4. The Hall–Kier alpha value is -2.45. The lowest BCUT2D eigenvalue weighted by atomic mass is 10.1. The molecule has 10 heteroatoms. The second-order valence-electron chi connectivity index (χ2n) is 7.71. The van der Waals surface area contributed by atoms with Gasteiger partial charge in [0.05, 0.1) is 44.2 Å². The predicted molar refractivity (Wildman–Crippen MR) is 132 cm³/mol. The van der Waals surface area contributed by atoms with Crippen LogP contribution in [-0.2, 0) is 25.5 Å². The summed E-state index contributed by atoms with van der Waals surface area (Å²) in [5, 5.41) is 8.16. The fraction of sp³-hybridized carbons (Fsp3) is 0.583. The van der Waals surface area contributed by atoms with E-state index in [9.17, 15) is 9.59 Å². The second kappa shape index (κ2) is 16.2. The summed E-state index contributed by atoms with van der Waals surface area (Å²) in [6.45, 7) is 5.43. The van der Waals surface area contributed by atoms with E-state index in [2.05, 4.69) is 21.9 Å². The minimum Gasteiger partial charge on any atom is -0.497 e. The molecule has 0 saturated carbocycles. The van der Waals surface area contributed by atoms with Gasteiger partial charge in [-0.05, 0) is 24.1 Å². The summed E-state index contributed by atoms with van der Waals surface area (Å²) in [6.07, 6.45) is 5.62. The Morgan fingerprint density at radius 2 is 1.85 bits per heavy atom. The zero-order valence-electron chi connectivity index (χ0n) is 19.8. The molecule has 0 aromatic heterocycles. The molecule has 1 aliphatic heterocycles. The molecule has 0 radical (unpaired) electrons. The van der Waals surface area contributed by atoms with E-state index in [4.69, 9.17) is 25.4 Å². The van der Waals surface area contributed by atoms with E-state index in [0.29, 0.717) is 52.5 Å². The van der Waals surface area contributed by atoms with Gasteiger partial charge < -0.3 is 34.9 Å². The van der Waals surface area contributed by atoms with Gasteiger partial charge in [0.25, 0.3) is 0 Å². The molecule has 3 atom stereocenters. The molecule has 2 unspecified atom stereocenters. The number of methoxy groups -OCH3 is 1. The zero-order chi connectivity index (χ0) is 24.6. The third kappa shape index (κ3) is 10.7. The van der Waals surface area contributed by atoms with E-state index < -0.39 is 0 Å². The van der Waals surface area contributed by atoms with Gasteiger partial charge in [0, 0.05) is 25.6 Å². The molecular formula is C24H35N3O6S. The minimum atomic E-state index is -0.373. The first kappa shape index (κ1) is 27.8. The number of hydrogen-bond donors (Lipinski definition) is 3. The van der Waals surface area contributed by atoms with Gasteiger partial charge >= 0.3 is 6.03 Å². The molecule has 3 N–H and O–H groups in total. The molecule has 0 spiro atoms. The van der Waals surface area contributed by atoms with Crippen molar-refractivity contribution in [2.75, 3.05) is 53.3 Å². The largest absolute Gasteiger partial charge is 0.497 e. The maximum absolute atomic E-state index is 13.0. The maximum Gasteiger partial charge on any atom is 0.315 e. The third-order valence-corrected chi connectivity index (χ3v) is 6.71. The van der Waals surface area contributed by atoms with E-state index in [0.717, 1.165) is 11.3 Å². The van der Waals surface area contributed by atoms with Crippen LogP contribution in [-0.4, -0.2) is 75.9 Å². The van der Waals surface area contributed by atoms with Crippen molar-refractivity contribution < 1.29 is 28.5 Å². The van der Waals surface area contributed by atoms with Gasteiger partial charge in [0.1, 0.15) is 12.4 Å². The fourth-order valence-corrected chi connectivity index (χ4v) is 4.43. The molecule has 1 aliphatic rings. The Morgan fingerprint density at radius 1 is 1.18 bits per heavy atom. The molecule has 2 rings (SSSR count). The second-order valence-corrected chi connectivity index (χ2v) is 9.06. The van der Waals surface area contributed by atoms with Crippen LogP contribution in [0, 0.1) is 18.3 Å². The summed E-state index contributed by atoms with van der Waals surface area (Å²) in [6, 6.07) is 7.33. The number of benzene rings is 1. The van der Waals surface area contributed by atoms with Gasteiger partial charge in [-0.1, -0.05) is 25.0 Å². The molecule has 188 valence electrons. The SMILES string of the molecule is C#CCOCCOCCOCC[C@H](SC1NC(=O)NCC1C)C(=O)NCc1ccc(OC)cc1. The van der Waals surface area contributed by atoms with Crippen LogP contribution in [0.4, 0.5) is 4.79 Å². The van der Waals surface area contributed by atoms with Crippen molar-refractivity contribution in [3.05, 3.63) is 29.8 Å². The molecule has 1 fully saturated rings. The number of amides is 3.